The third-order valence-electron chi connectivity index (χ3n) is 4.66. The molecule has 0 bridgehead atoms. The summed E-state index contributed by atoms with van der Waals surface area (Å²) in [6.45, 7) is 7.88. The van der Waals surface area contributed by atoms with Gasteiger partial charge < -0.3 is 30.7 Å². The lowest BCUT2D eigenvalue weighted by atomic mass is 9.90. The van der Waals surface area contributed by atoms with E-state index in [0.717, 1.165) is 4.57 Å². The molecule has 2 rings (SSSR count). The van der Waals surface area contributed by atoms with Crippen LogP contribution in [-0.4, -0.2) is 62.1 Å². The van der Waals surface area contributed by atoms with Crippen molar-refractivity contribution in [1.29, 1.82) is 0 Å². The Morgan fingerprint density at radius 1 is 1.47 bits per heavy atom. The number of nitrogens with one attached hydrogen (secondary N) is 1. The van der Waals surface area contributed by atoms with Crippen molar-refractivity contribution in [2.75, 3.05) is 12.3 Å². The average Bonchev–Trinajstić information content (AvgIpc) is 2.94. The number of aliphatic hydroxyl groups is 2. The van der Waals surface area contributed by atoms with Gasteiger partial charge in [0, 0.05) is 12.6 Å². The van der Waals surface area contributed by atoms with Gasteiger partial charge in [-0.3, -0.25) is 9.36 Å². The first-order valence-corrected chi connectivity index (χ1v) is 9.67. The number of Topliss-reactive ketones (excluding diaryl/α,β-unsaturated/α-hetero) is 1. The van der Waals surface area contributed by atoms with Gasteiger partial charge in [-0.1, -0.05) is 13.8 Å². The van der Waals surface area contributed by atoms with E-state index in [0.29, 0.717) is 0 Å². The van der Waals surface area contributed by atoms with Crippen molar-refractivity contribution in [2.45, 2.75) is 70.6 Å². The van der Waals surface area contributed by atoms with Crippen LogP contribution in [0, 0.1) is 5.92 Å². The van der Waals surface area contributed by atoms with Crippen LogP contribution in [0.4, 0.5) is 10.6 Å². The molecule has 1 aliphatic rings. The smallest absolute Gasteiger partial charge is 0.408 e. The topological polar surface area (TPSA) is 166 Å². The van der Waals surface area contributed by atoms with E-state index in [9.17, 15) is 24.6 Å². The number of nitrogen functional groups attached to an aromatic ring is 1. The molecule has 1 amide bonds. The maximum Gasteiger partial charge on any atom is 0.408 e. The van der Waals surface area contributed by atoms with E-state index in [-0.39, 0.29) is 12.2 Å². The number of nitrogens with two attached hydrogens (primary N) is 1. The molecule has 0 aliphatic carbocycles. The summed E-state index contributed by atoms with van der Waals surface area (Å²) < 4.78 is 11.9. The Morgan fingerprint density at radius 2 is 2.10 bits per heavy atom. The second-order valence-electron chi connectivity index (χ2n) is 8.63. The summed E-state index contributed by atoms with van der Waals surface area (Å²) in [4.78, 5) is 42.1. The van der Waals surface area contributed by atoms with Gasteiger partial charge in [-0.25, -0.2) is 9.59 Å². The van der Waals surface area contributed by atoms with Gasteiger partial charge in [0.05, 0.1) is 18.8 Å². The Kier molecular flexibility index (Phi) is 6.90. The molecule has 30 heavy (non-hydrogen) atoms. The molecule has 11 heteroatoms. The number of aliphatic hydroxyl groups excluding tert-OH is 2. The lowest BCUT2D eigenvalue weighted by Gasteiger charge is -2.34. The molecule has 168 valence electrons. The van der Waals surface area contributed by atoms with Crippen molar-refractivity contribution in [3.05, 3.63) is 22.7 Å². The Morgan fingerprint density at radius 3 is 2.57 bits per heavy atom. The van der Waals surface area contributed by atoms with E-state index in [1.807, 2.05) is 0 Å². The lowest BCUT2D eigenvalue weighted by Crippen LogP contribution is -2.58. The van der Waals surface area contributed by atoms with Crippen LogP contribution in [0.1, 0.15) is 41.0 Å². The van der Waals surface area contributed by atoms with Crippen LogP contribution in [0.5, 0.6) is 0 Å². The molecule has 1 saturated heterocycles. The van der Waals surface area contributed by atoms with Crippen molar-refractivity contribution >= 4 is 17.7 Å². The fraction of sp³-hybridized carbons (Fsp3) is 0.684. The standard InChI is InChI=1S/C19H30N4O7/c1-10(2)14(22-17(28)30-18(3,4)5)15(26)19(8-11(25)12(9-24)29-19)23-7-6-13(20)21-16(23)27/h6-7,10-12,14,24-25H,8-9H2,1-5H3,(H,22,28)(H2,20,21,27)/t11-,12+,14-,19-/m0/s1. The number of rotatable bonds is 6. The maximum absolute atomic E-state index is 13.6. The van der Waals surface area contributed by atoms with Crippen molar-refractivity contribution < 1.29 is 29.3 Å². The van der Waals surface area contributed by atoms with Gasteiger partial charge in [0.25, 0.3) is 0 Å². The molecule has 2 heterocycles. The number of aromatic nitrogens is 2. The minimum atomic E-state index is -1.99. The van der Waals surface area contributed by atoms with E-state index in [1.165, 1.54) is 12.3 Å². The second-order valence-corrected chi connectivity index (χ2v) is 8.63. The number of nitrogens with zero attached hydrogens (tertiary/aromatic N) is 2. The SMILES string of the molecule is CC(C)[C@H](NC(=O)OC(C)(C)C)C(=O)[C@]1(n2ccc(N)nc2=O)C[C@H](O)[C@@H](CO)O1. The average molecular weight is 426 g/mol. The van der Waals surface area contributed by atoms with E-state index < -0.39 is 59.7 Å². The first kappa shape index (κ1) is 23.8. The summed E-state index contributed by atoms with van der Waals surface area (Å²) in [7, 11) is 0. The number of hydrogen-bond donors (Lipinski definition) is 4. The highest BCUT2D eigenvalue weighted by Crippen LogP contribution is 2.37. The molecule has 0 radical (unpaired) electrons. The van der Waals surface area contributed by atoms with Crippen LogP contribution in [0.15, 0.2) is 17.1 Å². The first-order valence-electron chi connectivity index (χ1n) is 9.67. The third kappa shape index (κ3) is 4.97. The zero-order valence-corrected chi connectivity index (χ0v) is 17.8. The lowest BCUT2D eigenvalue weighted by molar-refractivity contribution is -0.165. The van der Waals surface area contributed by atoms with Gasteiger partial charge in [0.15, 0.2) is 0 Å². The van der Waals surface area contributed by atoms with Crippen molar-refractivity contribution in [1.82, 2.24) is 14.9 Å². The van der Waals surface area contributed by atoms with Crippen LogP contribution in [0.2, 0.25) is 0 Å². The molecule has 11 nitrogen and oxygen atoms in total. The van der Waals surface area contributed by atoms with E-state index in [4.69, 9.17) is 15.2 Å². The summed E-state index contributed by atoms with van der Waals surface area (Å²) in [6, 6.07) is 0.193. The highest BCUT2D eigenvalue weighted by atomic mass is 16.6. The second kappa shape index (κ2) is 8.70. The van der Waals surface area contributed by atoms with Crippen molar-refractivity contribution in [3.8, 4) is 0 Å². The van der Waals surface area contributed by atoms with Crippen LogP contribution in [0.25, 0.3) is 0 Å². The molecule has 1 aromatic rings. The van der Waals surface area contributed by atoms with Crippen LogP contribution < -0.4 is 16.7 Å². The number of carbonyl (C=O) groups excluding carboxylic acids is 2. The number of alkyl carbamates (subject to hydrolysis) is 1. The maximum atomic E-state index is 13.6. The van der Waals surface area contributed by atoms with Crippen LogP contribution in [0.3, 0.4) is 0 Å². The highest BCUT2D eigenvalue weighted by molar-refractivity contribution is 5.93. The molecular formula is C19H30N4O7. The number of hydrogen-bond acceptors (Lipinski definition) is 9. The first-order chi connectivity index (χ1) is 13.8. The Bertz CT molecular complexity index is 848. The molecule has 1 fully saturated rings. The van der Waals surface area contributed by atoms with Gasteiger partial charge in [0.1, 0.15) is 17.5 Å². The van der Waals surface area contributed by atoms with Gasteiger partial charge in [0.2, 0.25) is 11.5 Å². The molecule has 1 aromatic heterocycles. The Labute approximate surface area is 174 Å². The molecule has 0 saturated carbocycles. The molecule has 1 aliphatic heterocycles. The molecule has 4 atom stereocenters. The van der Waals surface area contributed by atoms with Crippen molar-refractivity contribution in [2.24, 2.45) is 5.92 Å². The predicted molar refractivity (Wildman–Crippen MR) is 106 cm³/mol. The largest absolute Gasteiger partial charge is 0.444 e. The molecule has 0 spiro atoms. The summed E-state index contributed by atoms with van der Waals surface area (Å²) >= 11 is 0. The predicted octanol–water partition coefficient (Wildman–Crippen LogP) is -0.261. The fourth-order valence-corrected chi connectivity index (χ4v) is 3.29. The van der Waals surface area contributed by atoms with Gasteiger partial charge >= 0.3 is 11.8 Å². The molecular weight excluding hydrogens is 396 g/mol. The summed E-state index contributed by atoms with van der Waals surface area (Å²) in [5.41, 5.74) is 1.90. The fourth-order valence-electron chi connectivity index (χ4n) is 3.29. The monoisotopic (exact) mass is 426 g/mol. The number of amides is 1. The number of ether oxygens (including phenoxy) is 2. The van der Waals surface area contributed by atoms with Crippen LogP contribution in [-0.2, 0) is 20.0 Å². The zero-order chi connectivity index (χ0) is 22.9. The highest BCUT2D eigenvalue weighted by Gasteiger charge is 2.55. The van der Waals surface area contributed by atoms with Gasteiger partial charge in [-0.15, -0.1) is 0 Å². The summed E-state index contributed by atoms with van der Waals surface area (Å²) in [5, 5.41) is 22.4. The number of ketones is 1. The Balaban J connectivity index is 2.50. The molecule has 0 aromatic carbocycles. The van der Waals surface area contributed by atoms with Crippen molar-refractivity contribution in [3.63, 3.8) is 0 Å². The third-order valence-corrected chi connectivity index (χ3v) is 4.66. The molecule has 5 N–H and O–H groups in total. The summed E-state index contributed by atoms with van der Waals surface area (Å²) in [6.07, 6.45) is -2.22. The zero-order valence-electron chi connectivity index (χ0n) is 17.8. The molecule has 0 unspecified atom stereocenters. The van der Waals surface area contributed by atoms with E-state index >= 15 is 0 Å². The van der Waals surface area contributed by atoms with Gasteiger partial charge in [-0.2, -0.15) is 4.98 Å². The minimum absolute atomic E-state index is 0.0524. The minimum Gasteiger partial charge on any atom is -0.444 e. The summed E-state index contributed by atoms with van der Waals surface area (Å²) in [5.74, 6) is -1.15. The normalized spacial score (nSPS) is 25.2. The Hall–Kier alpha value is -2.50. The van der Waals surface area contributed by atoms with Gasteiger partial charge in [-0.05, 0) is 32.8 Å². The van der Waals surface area contributed by atoms with Crippen LogP contribution >= 0.6 is 0 Å². The van der Waals surface area contributed by atoms with E-state index in [1.54, 1.807) is 34.6 Å². The number of anilines is 1. The van der Waals surface area contributed by atoms with E-state index in [2.05, 4.69) is 10.3 Å². The number of carbonyl (C=O) groups is 2. The quantitative estimate of drug-likeness (QED) is 0.479.